The van der Waals surface area contributed by atoms with Gasteiger partial charge in [0.2, 0.25) is 0 Å². The first-order valence-corrected chi connectivity index (χ1v) is 11.8. The number of hydrogen-bond donors (Lipinski definition) is 1. The van der Waals surface area contributed by atoms with Gasteiger partial charge in [0.15, 0.2) is 0 Å². The van der Waals surface area contributed by atoms with Gasteiger partial charge in [0, 0.05) is 37.8 Å². The van der Waals surface area contributed by atoms with Crippen molar-refractivity contribution in [2.75, 3.05) is 33.3 Å². The van der Waals surface area contributed by atoms with E-state index in [1.807, 2.05) is 51.1 Å². The van der Waals surface area contributed by atoms with Crippen molar-refractivity contribution in [1.82, 2.24) is 20.0 Å². The van der Waals surface area contributed by atoms with E-state index in [9.17, 15) is 4.79 Å². The number of amides is 1. The summed E-state index contributed by atoms with van der Waals surface area (Å²) in [5.74, 6) is 0.802. The third kappa shape index (κ3) is 5.42. The molecule has 0 bridgehead atoms. The van der Waals surface area contributed by atoms with Crippen LogP contribution in [0.3, 0.4) is 0 Å². The molecular weight excluding hydrogens is 428 g/mol. The predicted molar refractivity (Wildman–Crippen MR) is 134 cm³/mol. The number of para-hydroxylation sites is 1. The van der Waals surface area contributed by atoms with Crippen molar-refractivity contribution in [3.05, 3.63) is 60.2 Å². The van der Waals surface area contributed by atoms with E-state index in [2.05, 4.69) is 46.3 Å². The Balaban J connectivity index is 1.39. The molecule has 1 unspecified atom stereocenters. The summed E-state index contributed by atoms with van der Waals surface area (Å²) in [7, 11) is 1.67. The van der Waals surface area contributed by atoms with E-state index >= 15 is 0 Å². The smallest absolute Gasteiger partial charge is 0.410 e. The van der Waals surface area contributed by atoms with Gasteiger partial charge in [-0.2, -0.15) is 5.10 Å². The second-order valence-corrected chi connectivity index (χ2v) is 9.67. The number of H-pyrrole nitrogens is 1. The number of aromatic amines is 1. The summed E-state index contributed by atoms with van der Waals surface area (Å²) in [5, 5.41) is 7.64. The number of methoxy groups -OCH3 is 1. The molecule has 1 fully saturated rings. The second kappa shape index (κ2) is 9.89. The fourth-order valence-electron chi connectivity index (χ4n) is 4.23. The standard InChI is InChI=1S/C27H34N4O3/c1-19(30-14-16-31(17-15-30)26(32)34-27(2,3)4)20-10-12-21(13-11-20)23-18-24(29-28-23)22-8-6-7-9-25(22)33-5/h6-13,18-19H,14-17H2,1-5H3,(H,28,29). The van der Waals surface area contributed by atoms with Gasteiger partial charge in [0.25, 0.3) is 0 Å². The Bertz CT molecular complexity index is 1110. The number of nitrogens with zero attached hydrogens (tertiary/aromatic N) is 3. The highest BCUT2D eigenvalue weighted by molar-refractivity contribution is 5.72. The van der Waals surface area contributed by atoms with Crippen molar-refractivity contribution in [2.45, 2.75) is 39.3 Å². The number of carbonyl (C=O) groups excluding carboxylic acids is 1. The minimum absolute atomic E-state index is 0.226. The van der Waals surface area contributed by atoms with Gasteiger partial charge in [-0.3, -0.25) is 10.00 Å². The van der Waals surface area contributed by atoms with Crippen molar-refractivity contribution >= 4 is 6.09 Å². The topological polar surface area (TPSA) is 70.7 Å². The lowest BCUT2D eigenvalue weighted by Crippen LogP contribution is -2.50. The molecule has 7 nitrogen and oxygen atoms in total. The molecule has 1 aliphatic heterocycles. The highest BCUT2D eigenvalue weighted by Gasteiger charge is 2.28. The van der Waals surface area contributed by atoms with Gasteiger partial charge in [-0.05, 0) is 57.0 Å². The molecule has 3 aromatic rings. The number of hydrogen-bond acceptors (Lipinski definition) is 5. The average molecular weight is 463 g/mol. The van der Waals surface area contributed by atoms with Gasteiger partial charge < -0.3 is 14.4 Å². The van der Waals surface area contributed by atoms with E-state index in [4.69, 9.17) is 9.47 Å². The van der Waals surface area contributed by atoms with Crippen molar-refractivity contribution in [3.8, 4) is 28.3 Å². The van der Waals surface area contributed by atoms with Crippen molar-refractivity contribution in [2.24, 2.45) is 0 Å². The number of ether oxygens (including phenoxy) is 2. The zero-order valence-corrected chi connectivity index (χ0v) is 20.7. The Morgan fingerprint density at radius 2 is 1.71 bits per heavy atom. The zero-order valence-electron chi connectivity index (χ0n) is 20.7. The lowest BCUT2D eigenvalue weighted by atomic mass is 10.0. The summed E-state index contributed by atoms with van der Waals surface area (Å²) in [6, 6.07) is 18.8. The molecule has 1 atom stereocenters. The van der Waals surface area contributed by atoms with Gasteiger partial charge in [-0.1, -0.05) is 36.4 Å². The Morgan fingerprint density at radius 3 is 2.35 bits per heavy atom. The van der Waals surface area contributed by atoms with E-state index in [0.717, 1.165) is 41.4 Å². The molecule has 34 heavy (non-hydrogen) atoms. The largest absolute Gasteiger partial charge is 0.496 e. The van der Waals surface area contributed by atoms with Crippen LogP contribution in [0.4, 0.5) is 4.79 Å². The molecule has 4 rings (SSSR count). The first-order chi connectivity index (χ1) is 16.2. The summed E-state index contributed by atoms with van der Waals surface area (Å²) >= 11 is 0. The van der Waals surface area contributed by atoms with Crippen LogP contribution in [-0.4, -0.2) is 65.0 Å². The van der Waals surface area contributed by atoms with E-state index < -0.39 is 5.60 Å². The van der Waals surface area contributed by atoms with Crippen LogP contribution in [0.2, 0.25) is 0 Å². The molecule has 0 saturated carbocycles. The third-order valence-corrected chi connectivity index (χ3v) is 6.18. The fourth-order valence-corrected chi connectivity index (χ4v) is 4.23. The highest BCUT2D eigenvalue weighted by Crippen LogP contribution is 2.31. The summed E-state index contributed by atoms with van der Waals surface area (Å²) in [6.07, 6.45) is -0.226. The monoisotopic (exact) mass is 462 g/mol. The molecule has 180 valence electrons. The Hall–Kier alpha value is -3.32. The van der Waals surface area contributed by atoms with E-state index in [0.29, 0.717) is 13.1 Å². The minimum atomic E-state index is -0.466. The van der Waals surface area contributed by atoms with Crippen LogP contribution in [0.25, 0.3) is 22.5 Å². The minimum Gasteiger partial charge on any atom is -0.496 e. The molecule has 0 spiro atoms. The molecule has 7 heteroatoms. The maximum atomic E-state index is 12.3. The van der Waals surface area contributed by atoms with Crippen LogP contribution in [0.15, 0.2) is 54.6 Å². The zero-order chi connectivity index (χ0) is 24.3. The van der Waals surface area contributed by atoms with Gasteiger partial charge in [-0.15, -0.1) is 0 Å². The van der Waals surface area contributed by atoms with Crippen molar-refractivity contribution in [1.29, 1.82) is 0 Å². The molecule has 1 saturated heterocycles. The third-order valence-electron chi connectivity index (χ3n) is 6.18. The Labute approximate surface area is 201 Å². The predicted octanol–water partition coefficient (Wildman–Crippen LogP) is 5.37. The first kappa shape index (κ1) is 23.8. The number of carbonyl (C=O) groups is 1. The number of aromatic nitrogens is 2. The SMILES string of the molecule is COc1ccccc1-c1cc(-c2ccc(C(C)N3CCN(C(=O)OC(C)(C)C)CC3)cc2)[nH]n1. The molecule has 0 radical (unpaired) electrons. The Morgan fingerprint density at radius 1 is 1.03 bits per heavy atom. The lowest BCUT2D eigenvalue weighted by molar-refractivity contribution is 0.0110. The Kier molecular flexibility index (Phi) is 6.93. The maximum absolute atomic E-state index is 12.3. The summed E-state index contributed by atoms with van der Waals surface area (Å²) in [5.41, 5.74) is 4.65. The number of nitrogens with one attached hydrogen (secondary N) is 1. The molecule has 0 aliphatic carbocycles. The quantitative estimate of drug-likeness (QED) is 0.552. The maximum Gasteiger partial charge on any atom is 0.410 e. The van der Waals surface area contributed by atoms with Crippen LogP contribution < -0.4 is 4.74 Å². The van der Waals surface area contributed by atoms with Crippen molar-refractivity contribution < 1.29 is 14.3 Å². The van der Waals surface area contributed by atoms with E-state index in [1.54, 1.807) is 12.0 Å². The van der Waals surface area contributed by atoms with Crippen LogP contribution in [0.1, 0.15) is 39.3 Å². The normalized spacial score (nSPS) is 15.7. The molecule has 2 aromatic carbocycles. The summed E-state index contributed by atoms with van der Waals surface area (Å²) in [6.45, 7) is 10.9. The summed E-state index contributed by atoms with van der Waals surface area (Å²) < 4.78 is 11.0. The molecule has 1 aromatic heterocycles. The van der Waals surface area contributed by atoms with Gasteiger partial charge in [-0.25, -0.2) is 4.79 Å². The van der Waals surface area contributed by atoms with Crippen LogP contribution in [0, 0.1) is 0 Å². The van der Waals surface area contributed by atoms with Gasteiger partial charge >= 0.3 is 6.09 Å². The number of rotatable bonds is 5. The summed E-state index contributed by atoms with van der Waals surface area (Å²) in [4.78, 5) is 16.5. The van der Waals surface area contributed by atoms with E-state index in [-0.39, 0.29) is 12.1 Å². The second-order valence-electron chi connectivity index (χ2n) is 9.67. The van der Waals surface area contributed by atoms with Crippen LogP contribution in [-0.2, 0) is 4.74 Å². The lowest BCUT2D eigenvalue weighted by Gasteiger charge is -2.38. The highest BCUT2D eigenvalue weighted by atomic mass is 16.6. The molecule has 1 aliphatic rings. The van der Waals surface area contributed by atoms with E-state index in [1.165, 1.54) is 5.56 Å². The van der Waals surface area contributed by atoms with Gasteiger partial charge in [0.05, 0.1) is 18.5 Å². The molecule has 1 amide bonds. The first-order valence-electron chi connectivity index (χ1n) is 11.8. The van der Waals surface area contributed by atoms with Crippen LogP contribution >= 0.6 is 0 Å². The van der Waals surface area contributed by atoms with Crippen LogP contribution in [0.5, 0.6) is 5.75 Å². The van der Waals surface area contributed by atoms with Gasteiger partial charge in [0.1, 0.15) is 11.4 Å². The van der Waals surface area contributed by atoms with Crippen molar-refractivity contribution in [3.63, 3.8) is 0 Å². The number of piperazine rings is 1. The number of benzene rings is 2. The average Bonchev–Trinajstić information content (AvgIpc) is 3.33. The molecule has 2 heterocycles. The molecule has 1 N–H and O–H groups in total. The molecular formula is C27H34N4O3. The fraction of sp³-hybridized carbons (Fsp3) is 0.407.